The Kier molecular flexibility index (Phi) is 5.69. The highest BCUT2D eigenvalue weighted by molar-refractivity contribution is 5.11. The van der Waals surface area contributed by atoms with Crippen LogP contribution in [0.25, 0.3) is 0 Å². The van der Waals surface area contributed by atoms with Crippen LogP contribution < -0.4 is 4.74 Å². The first-order chi connectivity index (χ1) is 13.2. The van der Waals surface area contributed by atoms with Crippen LogP contribution in [0.4, 0.5) is 0 Å². The van der Waals surface area contributed by atoms with Crippen molar-refractivity contribution in [1.82, 2.24) is 14.9 Å². The molecule has 27 heavy (non-hydrogen) atoms. The molecule has 0 bridgehead atoms. The molecule has 0 aromatic carbocycles. The Labute approximate surface area is 161 Å². The molecule has 1 spiro atoms. The Morgan fingerprint density at radius 3 is 2.85 bits per heavy atom. The van der Waals surface area contributed by atoms with Crippen molar-refractivity contribution in [2.75, 3.05) is 26.3 Å². The second kappa shape index (κ2) is 8.36. The van der Waals surface area contributed by atoms with E-state index < -0.39 is 0 Å². The predicted octanol–water partition coefficient (Wildman–Crippen LogP) is 3.63. The van der Waals surface area contributed by atoms with Crippen molar-refractivity contribution in [3.05, 3.63) is 54.0 Å². The quantitative estimate of drug-likeness (QED) is 0.780. The van der Waals surface area contributed by atoms with Gasteiger partial charge in [0.2, 0.25) is 5.88 Å². The molecule has 4 rings (SSSR count). The van der Waals surface area contributed by atoms with Crippen LogP contribution in [0.3, 0.4) is 0 Å². The van der Waals surface area contributed by atoms with Gasteiger partial charge in [0.05, 0.1) is 17.9 Å². The predicted molar refractivity (Wildman–Crippen MR) is 105 cm³/mol. The van der Waals surface area contributed by atoms with Crippen LogP contribution in [0.5, 0.6) is 5.88 Å². The van der Waals surface area contributed by atoms with Gasteiger partial charge in [-0.05, 0) is 56.7 Å². The molecule has 0 radical (unpaired) electrons. The number of likely N-dealkylation sites (tertiary alicyclic amines) is 1. The van der Waals surface area contributed by atoms with E-state index in [1.807, 2.05) is 18.2 Å². The molecule has 1 atom stereocenters. The Bertz CT molecular complexity index is 729. The first kappa shape index (κ1) is 18.4. The molecule has 0 amide bonds. The van der Waals surface area contributed by atoms with Crippen molar-refractivity contribution >= 4 is 0 Å². The van der Waals surface area contributed by atoms with Gasteiger partial charge in [0.25, 0.3) is 0 Å². The van der Waals surface area contributed by atoms with Crippen LogP contribution in [-0.2, 0) is 11.3 Å². The van der Waals surface area contributed by atoms with Crippen LogP contribution in [0.1, 0.15) is 37.1 Å². The van der Waals surface area contributed by atoms with Gasteiger partial charge in [-0.2, -0.15) is 0 Å². The monoisotopic (exact) mass is 367 g/mol. The second-order valence-corrected chi connectivity index (χ2v) is 7.75. The largest absolute Gasteiger partial charge is 0.478 e. The molecular formula is C22H29N3O2. The van der Waals surface area contributed by atoms with Crippen LogP contribution in [-0.4, -0.2) is 46.8 Å². The molecule has 0 unspecified atom stereocenters. The van der Waals surface area contributed by atoms with Crippen molar-refractivity contribution in [2.45, 2.75) is 44.8 Å². The first-order valence-corrected chi connectivity index (χ1v) is 10.1. The van der Waals surface area contributed by atoms with E-state index in [-0.39, 0.29) is 5.60 Å². The number of hydrogen-bond acceptors (Lipinski definition) is 5. The number of rotatable bonds is 6. The van der Waals surface area contributed by atoms with Crippen LogP contribution in [0, 0.1) is 12.8 Å². The van der Waals surface area contributed by atoms with Gasteiger partial charge in [-0.3, -0.25) is 9.88 Å². The fraction of sp³-hybridized carbons (Fsp3) is 0.545. The minimum absolute atomic E-state index is 0.0456. The van der Waals surface area contributed by atoms with Gasteiger partial charge in [-0.1, -0.05) is 12.1 Å². The molecule has 2 aromatic rings. The third-order valence-electron chi connectivity index (χ3n) is 5.99. The number of nitrogens with zero attached hydrogens (tertiary/aromatic N) is 3. The number of pyridine rings is 2. The Morgan fingerprint density at radius 2 is 2.07 bits per heavy atom. The van der Waals surface area contributed by atoms with E-state index in [0.717, 1.165) is 57.6 Å². The average molecular weight is 367 g/mol. The van der Waals surface area contributed by atoms with E-state index in [1.165, 1.54) is 5.69 Å². The molecule has 5 nitrogen and oxygen atoms in total. The topological polar surface area (TPSA) is 47.5 Å². The zero-order valence-corrected chi connectivity index (χ0v) is 16.1. The third kappa shape index (κ3) is 4.47. The molecule has 2 aliphatic heterocycles. The molecule has 2 saturated heterocycles. The van der Waals surface area contributed by atoms with Crippen molar-refractivity contribution < 1.29 is 9.47 Å². The summed E-state index contributed by atoms with van der Waals surface area (Å²) in [6, 6.07) is 12.1. The Hall–Kier alpha value is -1.98. The standard InChI is InChI=1S/C22H29N3O2/c1-18-5-4-6-20(24-18)17-25-13-10-22(11-14-25)19(9-16-27-22)8-15-26-21-7-2-3-12-23-21/h2-7,12,19H,8-11,13-17H2,1H3/t19-/m1/s1. The Balaban J connectivity index is 1.28. The third-order valence-corrected chi connectivity index (χ3v) is 5.99. The maximum Gasteiger partial charge on any atom is 0.213 e. The highest BCUT2D eigenvalue weighted by atomic mass is 16.5. The van der Waals surface area contributed by atoms with E-state index in [4.69, 9.17) is 9.47 Å². The number of piperidine rings is 1. The highest BCUT2D eigenvalue weighted by Crippen LogP contribution is 2.42. The highest BCUT2D eigenvalue weighted by Gasteiger charge is 2.45. The van der Waals surface area contributed by atoms with Gasteiger partial charge in [-0.15, -0.1) is 0 Å². The first-order valence-electron chi connectivity index (χ1n) is 10.1. The summed E-state index contributed by atoms with van der Waals surface area (Å²) in [7, 11) is 0. The van der Waals surface area contributed by atoms with Gasteiger partial charge in [0.1, 0.15) is 0 Å². The average Bonchev–Trinajstić information content (AvgIpc) is 3.07. The molecular weight excluding hydrogens is 338 g/mol. The van der Waals surface area contributed by atoms with E-state index in [2.05, 4.69) is 40.0 Å². The van der Waals surface area contributed by atoms with E-state index in [1.54, 1.807) is 6.20 Å². The molecule has 4 heterocycles. The maximum absolute atomic E-state index is 6.30. The SMILES string of the molecule is Cc1cccc(CN2CCC3(CC2)OCC[C@H]3CCOc2ccccn2)n1. The van der Waals surface area contributed by atoms with Gasteiger partial charge < -0.3 is 9.47 Å². The number of aromatic nitrogens is 2. The summed E-state index contributed by atoms with van der Waals surface area (Å²) in [5.41, 5.74) is 2.30. The summed E-state index contributed by atoms with van der Waals surface area (Å²) >= 11 is 0. The van der Waals surface area contributed by atoms with Crippen LogP contribution in [0.15, 0.2) is 42.6 Å². The van der Waals surface area contributed by atoms with Crippen molar-refractivity contribution in [2.24, 2.45) is 5.92 Å². The Morgan fingerprint density at radius 1 is 1.19 bits per heavy atom. The fourth-order valence-corrected chi connectivity index (χ4v) is 4.49. The normalized spacial score (nSPS) is 22.2. The van der Waals surface area contributed by atoms with E-state index in [9.17, 15) is 0 Å². The maximum atomic E-state index is 6.30. The summed E-state index contributed by atoms with van der Waals surface area (Å²) in [6.45, 7) is 6.74. The summed E-state index contributed by atoms with van der Waals surface area (Å²) in [4.78, 5) is 11.4. The van der Waals surface area contributed by atoms with E-state index in [0.29, 0.717) is 18.4 Å². The minimum atomic E-state index is 0.0456. The molecule has 5 heteroatoms. The van der Waals surface area contributed by atoms with Crippen LogP contribution >= 0.6 is 0 Å². The van der Waals surface area contributed by atoms with Crippen molar-refractivity contribution in [3.8, 4) is 5.88 Å². The molecule has 2 aliphatic rings. The summed E-state index contributed by atoms with van der Waals surface area (Å²) in [5, 5.41) is 0. The lowest BCUT2D eigenvalue weighted by Crippen LogP contribution is -2.47. The molecule has 0 saturated carbocycles. The van der Waals surface area contributed by atoms with Gasteiger partial charge >= 0.3 is 0 Å². The van der Waals surface area contributed by atoms with E-state index >= 15 is 0 Å². The molecule has 0 N–H and O–H groups in total. The van der Waals surface area contributed by atoms with Gasteiger partial charge in [0, 0.05) is 44.2 Å². The zero-order chi connectivity index (χ0) is 18.5. The molecule has 144 valence electrons. The van der Waals surface area contributed by atoms with Gasteiger partial charge in [0.15, 0.2) is 0 Å². The fourth-order valence-electron chi connectivity index (χ4n) is 4.49. The summed E-state index contributed by atoms with van der Waals surface area (Å²) in [5.74, 6) is 1.30. The summed E-state index contributed by atoms with van der Waals surface area (Å²) < 4.78 is 12.1. The molecule has 2 aromatic heterocycles. The lowest BCUT2D eigenvalue weighted by molar-refractivity contribution is -0.0710. The zero-order valence-electron chi connectivity index (χ0n) is 16.1. The lowest BCUT2D eigenvalue weighted by atomic mass is 9.78. The van der Waals surface area contributed by atoms with Crippen LogP contribution in [0.2, 0.25) is 0 Å². The molecule has 2 fully saturated rings. The summed E-state index contributed by atoms with van der Waals surface area (Å²) in [6.07, 6.45) is 6.16. The number of ether oxygens (including phenoxy) is 2. The minimum Gasteiger partial charge on any atom is -0.478 e. The van der Waals surface area contributed by atoms with Crippen molar-refractivity contribution in [1.29, 1.82) is 0 Å². The number of aryl methyl sites for hydroxylation is 1. The second-order valence-electron chi connectivity index (χ2n) is 7.75. The molecule has 0 aliphatic carbocycles. The van der Waals surface area contributed by atoms with Crippen molar-refractivity contribution in [3.63, 3.8) is 0 Å². The smallest absolute Gasteiger partial charge is 0.213 e. The number of hydrogen-bond donors (Lipinski definition) is 0. The van der Waals surface area contributed by atoms with Gasteiger partial charge in [-0.25, -0.2) is 4.98 Å². The lowest BCUT2D eigenvalue weighted by Gasteiger charge is -2.42.